The molecule has 126 valence electrons. The van der Waals surface area contributed by atoms with Crippen molar-refractivity contribution in [2.75, 3.05) is 12.4 Å². The zero-order valence-electron chi connectivity index (χ0n) is 14.7. The van der Waals surface area contributed by atoms with Crippen molar-refractivity contribution < 1.29 is 9.53 Å². The van der Waals surface area contributed by atoms with E-state index in [-0.39, 0.29) is 5.91 Å². The van der Waals surface area contributed by atoms with Crippen LogP contribution in [0.1, 0.15) is 42.4 Å². The second kappa shape index (κ2) is 6.68. The smallest absolute Gasteiger partial charge is 0.235 e. The highest BCUT2D eigenvalue weighted by molar-refractivity contribution is 6.00. The van der Waals surface area contributed by atoms with Gasteiger partial charge in [0.2, 0.25) is 5.91 Å². The summed E-state index contributed by atoms with van der Waals surface area (Å²) in [5.41, 5.74) is 3.83. The number of amides is 1. The Bertz CT molecular complexity index is 728. The largest absolute Gasteiger partial charge is 0.497 e. The zero-order valence-corrected chi connectivity index (χ0v) is 14.7. The number of anilines is 1. The van der Waals surface area contributed by atoms with Crippen molar-refractivity contribution in [3.05, 3.63) is 59.2 Å². The van der Waals surface area contributed by atoms with Crippen molar-refractivity contribution in [2.45, 2.75) is 44.9 Å². The van der Waals surface area contributed by atoms with Gasteiger partial charge in [-0.25, -0.2) is 0 Å². The number of methoxy groups -OCH3 is 1. The summed E-state index contributed by atoms with van der Waals surface area (Å²) in [6, 6.07) is 14.2. The van der Waals surface area contributed by atoms with Crippen LogP contribution in [0.2, 0.25) is 0 Å². The molecule has 24 heavy (non-hydrogen) atoms. The van der Waals surface area contributed by atoms with Crippen molar-refractivity contribution in [2.24, 2.45) is 0 Å². The molecule has 1 aliphatic rings. The molecule has 0 heterocycles. The molecule has 0 bridgehead atoms. The molecule has 0 aliphatic heterocycles. The number of hydrogen-bond acceptors (Lipinski definition) is 2. The molecule has 3 rings (SSSR count). The quantitative estimate of drug-likeness (QED) is 0.880. The van der Waals surface area contributed by atoms with E-state index in [2.05, 4.69) is 36.5 Å². The van der Waals surface area contributed by atoms with Gasteiger partial charge in [0.05, 0.1) is 12.5 Å². The van der Waals surface area contributed by atoms with E-state index in [9.17, 15) is 4.79 Å². The van der Waals surface area contributed by atoms with E-state index in [1.54, 1.807) is 7.11 Å². The van der Waals surface area contributed by atoms with E-state index in [0.29, 0.717) is 0 Å². The Kier molecular flexibility index (Phi) is 4.61. The first-order chi connectivity index (χ1) is 11.5. The van der Waals surface area contributed by atoms with Gasteiger partial charge in [0.25, 0.3) is 0 Å². The van der Waals surface area contributed by atoms with Gasteiger partial charge in [0, 0.05) is 5.69 Å². The summed E-state index contributed by atoms with van der Waals surface area (Å²) >= 11 is 0. The summed E-state index contributed by atoms with van der Waals surface area (Å²) in [6.07, 6.45) is 4.03. The highest BCUT2D eigenvalue weighted by Gasteiger charge is 2.42. The Morgan fingerprint density at radius 2 is 1.71 bits per heavy atom. The van der Waals surface area contributed by atoms with Crippen LogP contribution in [0.5, 0.6) is 5.75 Å². The normalized spacial score (nSPS) is 16.0. The molecule has 2 aromatic carbocycles. The highest BCUT2D eigenvalue weighted by atomic mass is 16.5. The minimum absolute atomic E-state index is 0.108. The minimum Gasteiger partial charge on any atom is -0.497 e. The standard InChI is InChI=1S/C21H25NO2/c1-15-6-8-17(9-7-15)21(12-4-5-13-21)20(23)22-19-11-10-18(24-3)14-16(19)2/h6-11,14H,4-5,12-13H2,1-3H3,(H,22,23). The molecular weight excluding hydrogens is 298 g/mol. The summed E-state index contributed by atoms with van der Waals surface area (Å²) in [4.78, 5) is 13.2. The summed E-state index contributed by atoms with van der Waals surface area (Å²) in [5.74, 6) is 0.914. The van der Waals surface area contributed by atoms with Crippen molar-refractivity contribution in [1.29, 1.82) is 0 Å². The van der Waals surface area contributed by atoms with Crippen LogP contribution >= 0.6 is 0 Å². The molecule has 1 N–H and O–H groups in total. The van der Waals surface area contributed by atoms with E-state index >= 15 is 0 Å². The molecular formula is C21H25NO2. The number of carbonyl (C=O) groups excluding carboxylic acids is 1. The number of aryl methyl sites for hydroxylation is 2. The third kappa shape index (κ3) is 3.03. The molecule has 0 unspecified atom stereocenters. The first-order valence-corrected chi connectivity index (χ1v) is 8.58. The van der Waals surface area contributed by atoms with Crippen LogP contribution in [0, 0.1) is 13.8 Å². The zero-order chi connectivity index (χ0) is 17.2. The topological polar surface area (TPSA) is 38.3 Å². The number of ether oxygens (including phenoxy) is 1. The summed E-state index contributed by atoms with van der Waals surface area (Å²) in [6.45, 7) is 4.07. The number of benzene rings is 2. The average molecular weight is 323 g/mol. The summed E-state index contributed by atoms with van der Waals surface area (Å²) in [5, 5.41) is 3.16. The van der Waals surface area contributed by atoms with Crippen LogP contribution in [-0.4, -0.2) is 13.0 Å². The van der Waals surface area contributed by atoms with Crippen LogP contribution in [0.4, 0.5) is 5.69 Å². The fourth-order valence-corrected chi connectivity index (χ4v) is 3.64. The van der Waals surface area contributed by atoms with Gasteiger partial charge in [-0.1, -0.05) is 42.7 Å². The Morgan fingerprint density at radius 1 is 1.04 bits per heavy atom. The lowest BCUT2D eigenvalue weighted by Crippen LogP contribution is -2.38. The Balaban J connectivity index is 1.89. The SMILES string of the molecule is COc1ccc(NC(=O)C2(c3ccc(C)cc3)CCCC2)c(C)c1. The van der Waals surface area contributed by atoms with E-state index in [1.807, 2.05) is 25.1 Å². The number of rotatable bonds is 4. The molecule has 0 radical (unpaired) electrons. The van der Waals surface area contributed by atoms with Gasteiger partial charge < -0.3 is 10.1 Å². The van der Waals surface area contributed by atoms with Gasteiger partial charge in [0.1, 0.15) is 5.75 Å². The number of carbonyl (C=O) groups is 1. The lowest BCUT2D eigenvalue weighted by Gasteiger charge is -2.29. The summed E-state index contributed by atoms with van der Waals surface area (Å²) in [7, 11) is 1.65. The Morgan fingerprint density at radius 3 is 2.29 bits per heavy atom. The van der Waals surface area contributed by atoms with Crippen LogP contribution in [0.3, 0.4) is 0 Å². The highest BCUT2D eigenvalue weighted by Crippen LogP contribution is 2.42. The van der Waals surface area contributed by atoms with Crippen molar-refractivity contribution in [1.82, 2.24) is 0 Å². The molecule has 0 spiro atoms. The van der Waals surface area contributed by atoms with Crippen LogP contribution in [0.25, 0.3) is 0 Å². The molecule has 0 saturated heterocycles. The van der Waals surface area contributed by atoms with Gasteiger partial charge in [-0.05, 0) is 56.0 Å². The van der Waals surface area contributed by atoms with Gasteiger partial charge in [0.15, 0.2) is 0 Å². The molecule has 2 aromatic rings. The van der Waals surface area contributed by atoms with Crippen LogP contribution in [0.15, 0.2) is 42.5 Å². The Labute approximate surface area is 144 Å². The Hall–Kier alpha value is -2.29. The number of nitrogens with one attached hydrogen (secondary N) is 1. The van der Waals surface area contributed by atoms with Crippen LogP contribution < -0.4 is 10.1 Å². The molecule has 1 fully saturated rings. The molecule has 0 atom stereocenters. The fraction of sp³-hybridized carbons (Fsp3) is 0.381. The predicted octanol–water partition coefficient (Wildman–Crippen LogP) is 4.76. The molecule has 1 saturated carbocycles. The maximum Gasteiger partial charge on any atom is 0.235 e. The van der Waals surface area contributed by atoms with Crippen molar-refractivity contribution in [3.8, 4) is 5.75 Å². The van der Waals surface area contributed by atoms with Gasteiger partial charge in [-0.15, -0.1) is 0 Å². The van der Waals surface area contributed by atoms with E-state index in [4.69, 9.17) is 4.74 Å². The molecule has 3 nitrogen and oxygen atoms in total. The van der Waals surface area contributed by atoms with Gasteiger partial charge in [-0.3, -0.25) is 4.79 Å². The monoisotopic (exact) mass is 323 g/mol. The predicted molar refractivity (Wildman–Crippen MR) is 97.7 cm³/mol. The number of hydrogen-bond donors (Lipinski definition) is 1. The van der Waals surface area contributed by atoms with E-state index in [0.717, 1.165) is 48.2 Å². The van der Waals surface area contributed by atoms with Crippen LogP contribution in [-0.2, 0) is 10.2 Å². The third-order valence-electron chi connectivity index (χ3n) is 5.18. The minimum atomic E-state index is -0.403. The fourth-order valence-electron chi connectivity index (χ4n) is 3.64. The van der Waals surface area contributed by atoms with E-state index < -0.39 is 5.41 Å². The third-order valence-corrected chi connectivity index (χ3v) is 5.18. The maximum atomic E-state index is 13.2. The summed E-state index contributed by atoms with van der Waals surface area (Å²) < 4.78 is 5.24. The lowest BCUT2D eigenvalue weighted by molar-refractivity contribution is -0.121. The molecule has 3 heteroatoms. The second-order valence-electron chi connectivity index (χ2n) is 6.79. The van der Waals surface area contributed by atoms with Gasteiger partial charge in [-0.2, -0.15) is 0 Å². The maximum absolute atomic E-state index is 13.2. The molecule has 1 aliphatic carbocycles. The lowest BCUT2D eigenvalue weighted by atomic mass is 9.77. The van der Waals surface area contributed by atoms with Crippen molar-refractivity contribution >= 4 is 11.6 Å². The molecule has 0 aromatic heterocycles. The van der Waals surface area contributed by atoms with E-state index in [1.165, 1.54) is 5.56 Å². The first-order valence-electron chi connectivity index (χ1n) is 8.58. The second-order valence-corrected chi connectivity index (χ2v) is 6.79. The van der Waals surface area contributed by atoms with Gasteiger partial charge >= 0.3 is 0 Å². The molecule has 1 amide bonds. The first kappa shape index (κ1) is 16.6. The average Bonchev–Trinajstić information content (AvgIpc) is 3.08. The van der Waals surface area contributed by atoms with Crippen molar-refractivity contribution in [3.63, 3.8) is 0 Å².